The number of likely N-dealkylation sites (tertiary alicyclic amines) is 1. The molecule has 1 saturated heterocycles. The fourth-order valence-electron chi connectivity index (χ4n) is 2.21. The lowest BCUT2D eigenvalue weighted by Crippen LogP contribution is -2.30. The Bertz CT molecular complexity index is 569. The summed E-state index contributed by atoms with van der Waals surface area (Å²) in [5.74, 6) is -0.401. The van der Waals surface area contributed by atoms with Gasteiger partial charge in [0, 0.05) is 17.9 Å². The van der Waals surface area contributed by atoms with E-state index in [9.17, 15) is 9.59 Å². The van der Waals surface area contributed by atoms with Crippen LogP contribution >= 0.6 is 12.2 Å². The summed E-state index contributed by atoms with van der Waals surface area (Å²) < 4.78 is 0. The molecule has 1 aliphatic rings. The van der Waals surface area contributed by atoms with Crippen molar-refractivity contribution in [3.05, 3.63) is 34.9 Å². The van der Waals surface area contributed by atoms with Crippen LogP contribution in [-0.4, -0.2) is 21.7 Å². The number of carbonyl (C=O) groups excluding carboxylic acids is 2. The summed E-state index contributed by atoms with van der Waals surface area (Å²) in [7, 11) is 0. The second-order valence-electron chi connectivity index (χ2n) is 4.93. The van der Waals surface area contributed by atoms with Crippen LogP contribution in [0.25, 0.3) is 0 Å². The summed E-state index contributed by atoms with van der Waals surface area (Å²) in [6.45, 7) is 4.03. The number of amides is 2. The number of rotatable bonds is 3. The van der Waals surface area contributed by atoms with Gasteiger partial charge in [-0.25, -0.2) is 0 Å². The molecule has 1 atom stereocenters. The summed E-state index contributed by atoms with van der Waals surface area (Å²) in [5, 5.41) is 0. The summed E-state index contributed by atoms with van der Waals surface area (Å²) in [6.07, 6.45) is 0.308. The highest BCUT2D eigenvalue weighted by molar-refractivity contribution is 7.80. The van der Waals surface area contributed by atoms with E-state index in [4.69, 9.17) is 18.0 Å². The average Bonchev–Trinajstić information content (AvgIpc) is 2.58. The third-order valence-corrected chi connectivity index (χ3v) is 3.66. The molecule has 0 spiro atoms. The van der Waals surface area contributed by atoms with Gasteiger partial charge in [-0.1, -0.05) is 31.3 Å². The van der Waals surface area contributed by atoms with Crippen LogP contribution in [0.3, 0.4) is 0 Å². The molecule has 0 aromatic heterocycles. The van der Waals surface area contributed by atoms with Gasteiger partial charge >= 0.3 is 0 Å². The Balaban J connectivity index is 2.22. The number of benzene rings is 1. The van der Waals surface area contributed by atoms with Crippen LogP contribution in [0.2, 0.25) is 0 Å². The molecular formula is C14H16N2O2S. The average molecular weight is 276 g/mol. The van der Waals surface area contributed by atoms with Crippen LogP contribution in [0.5, 0.6) is 0 Å². The van der Waals surface area contributed by atoms with Crippen LogP contribution in [0.1, 0.15) is 30.0 Å². The summed E-state index contributed by atoms with van der Waals surface area (Å²) >= 11 is 4.92. The van der Waals surface area contributed by atoms with Gasteiger partial charge in [0.25, 0.3) is 0 Å². The Kier molecular flexibility index (Phi) is 3.66. The van der Waals surface area contributed by atoms with Gasteiger partial charge in [0.2, 0.25) is 11.8 Å². The molecule has 1 fully saturated rings. The Hall–Kier alpha value is -1.75. The van der Waals surface area contributed by atoms with Crippen LogP contribution in [0, 0.1) is 12.8 Å². The van der Waals surface area contributed by atoms with E-state index >= 15 is 0 Å². The minimum absolute atomic E-state index is 0.0946. The lowest BCUT2D eigenvalue weighted by molar-refractivity contribution is -0.139. The SMILES string of the molecule is Cc1cc(C(N)=S)ccc1CN1C(=O)CC(C)C1=O. The number of hydrogen-bond acceptors (Lipinski definition) is 3. The van der Waals surface area contributed by atoms with Crippen molar-refractivity contribution < 1.29 is 9.59 Å². The highest BCUT2D eigenvalue weighted by atomic mass is 32.1. The van der Waals surface area contributed by atoms with Crippen molar-refractivity contribution in [3.8, 4) is 0 Å². The first-order valence-corrected chi connectivity index (χ1v) is 6.54. The molecule has 19 heavy (non-hydrogen) atoms. The van der Waals surface area contributed by atoms with E-state index in [-0.39, 0.29) is 17.7 Å². The lowest BCUT2D eigenvalue weighted by Gasteiger charge is -2.16. The summed E-state index contributed by atoms with van der Waals surface area (Å²) in [5.41, 5.74) is 8.28. The fraction of sp³-hybridized carbons (Fsp3) is 0.357. The van der Waals surface area contributed by atoms with E-state index in [1.165, 1.54) is 4.90 Å². The molecule has 100 valence electrons. The molecule has 2 rings (SSSR count). The van der Waals surface area contributed by atoms with Crippen molar-refractivity contribution >= 4 is 29.0 Å². The second-order valence-corrected chi connectivity index (χ2v) is 5.37. The van der Waals surface area contributed by atoms with E-state index in [0.717, 1.165) is 16.7 Å². The van der Waals surface area contributed by atoms with Gasteiger partial charge in [-0.15, -0.1) is 0 Å². The molecule has 5 heteroatoms. The van der Waals surface area contributed by atoms with E-state index in [0.29, 0.717) is 18.0 Å². The Labute approximate surface area is 117 Å². The molecule has 2 amide bonds. The standard InChI is InChI=1S/C14H16N2O2S/c1-8-5-10(13(15)19)3-4-11(8)7-16-12(17)6-9(2)14(16)18/h3-5,9H,6-7H2,1-2H3,(H2,15,19). The number of thiocarbonyl (C=S) groups is 1. The monoisotopic (exact) mass is 276 g/mol. The molecular weight excluding hydrogens is 260 g/mol. The smallest absolute Gasteiger partial charge is 0.232 e. The largest absolute Gasteiger partial charge is 0.389 e. The predicted octanol–water partition coefficient (Wildman–Crippen LogP) is 1.52. The first-order valence-electron chi connectivity index (χ1n) is 6.13. The third kappa shape index (κ3) is 2.66. The zero-order valence-electron chi connectivity index (χ0n) is 11.0. The van der Waals surface area contributed by atoms with Crippen LogP contribution < -0.4 is 5.73 Å². The van der Waals surface area contributed by atoms with Crippen molar-refractivity contribution in [1.82, 2.24) is 4.90 Å². The highest BCUT2D eigenvalue weighted by Crippen LogP contribution is 2.22. The zero-order valence-corrected chi connectivity index (χ0v) is 11.8. The van der Waals surface area contributed by atoms with E-state index in [1.807, 2.05) is 25.1 Å². The minimum Gasteiger partial charge on any atom is -0.389 e. The topological polar surface area (TPSA) is 63.4 Å². The third-order valence-electron chi connectivity index (χ3n) is 3.43. The van der Waals surface area contributed by atoms with E-state index in [2.05, 4.69) is 0 Å². The summed E-state index contributed by atoms with van der Waals surface area (Å²) in [6, 6.07) is 5.57. The Morgan fingerprint density at radius 1 is 1.47 bits per heavy atom. The molecule has 0 saturated carbocycles. The van der Waals surface area contributed by atoms with Gasteiger partial charge in [-0.2, -0.15) is 0 Å². The Morgan fingerprint density at radius 3 is 2.63 bits per heavy atom. The van der Waals surface area contributed by atoms with E-state index in [1.54, 1.807) is 6.92 Å². The fourth-order valence-corrected chi connectivity index (χ4v) is 2.34. The second kappa shape index (κ2) is 5.09. The maximum Gasteiger partial charge on any atom is 0.232 e. The van der Waals surface area contributed by atoms with E-state index < -0.39 is 0 Å². The van der Waals surface area contributed by atoms with Crippen molar-refractivity contribution in [1.29, 1.82) is 0 Å². The first kappa shape index (κ1) is 13.7. The van der Waals surface area contributed by atoms with Gasteiger partial charge in [0.05, 0.1) is 6.54 Å². The lowest BCUT2D eigenvalue weighted by atomic mass is 10.0. The van der Waals surface area contributed by atoms with Crippen molar-refractivity contribution in [3.63, 3.8) is 0 Å². The molecule has 1 aromatic carbocycles. The number of hydrogen-bond donors (Lipinski definition) is 1. The number of carbonyl (C=O) groups is 2. The van der Waals surface area contributed by atoms with Crippen LogP contribution in [-0.2, 0) is 16.1 Å². The Morgan fingerprint density at radius 2 is 2.16 bits per heavy atom. The zero-order chi connectivity index (χ0) is 14.2. The molecule has 0 radical (unpaired) electrons. The molecule has 1 unspecified atom stereocenters. The molecule has 1 aliphatic heterocycles. The van der Waals surface area contributed by atoms with Crippen LogP contribution in [0.15, 0.2) is 18.2 Å². The number of nitrogens with two attached hydrogens (primary N) is 1. The van der Waals surface area contributed by atoms with Gasteiger partial charge in [-0.05, 0) is 24.1 Å². The maximum atomic E-state index is 11.9. The van der Waals surface area contributed by atoms with Gasteiger partial charge < -0.3 is 5.73 Å². The number of aryl methyl sites for hydroxylation is 1. The summed E-state index contributed by atoms with van der Waals surface area (Å²) in [4.78, 5) is 25.3. The highest BCUT2D eigenvalue weighted by Gasteiger charge is 2.35. The molecule has 0 aliphatic carbocycles. The number of nitrogens with zero attached hydrogens (tertiary/aromatic N) is 1. The minimum atomic E-state index is -0.205. The van der Waals surface area contributed by atoms with Crippen molar-refractivity contribution in [2.45, 2.75) is 26.8 Å². The van der Waals surface area contributed by atoms with Gasteiger partial charge in [-0.3, -0.25) is 14.5 Å². The van der Waals surface area contributed by atoms with Crippen molar-refractivity contribution in [2.24, 2.45) is 11.7 Å². The molecule has 1 heterocycles. The number of imide groups is 1. The molecule has 2 N–H and O–H groups in total. The maximum absolute atomic E-state index is 11.9. The van der Waals surface area contributed by atoms with Crippen LogP contribution in [0.4, 0.5) is 0 Å². The quantitative estimate of drug-likeness (QED) is 0.671. The predicted molar refractivity (Wildman–Crippen MR) is 76.4 cm³/mol. The normalized spacial score (nSPS) is 19.1. The molecule has 1 aromatic rings. The first-order chi connectivity index (χ1) is 8.90. The van der Waals surface area contributed by atoms with Gasteiger partial charge in [0.15, 0.2) is 0 Å². The molecule has 4 nitrogen and oxygen atoms in total. The molecule has 0 bridgehead atoms. The van der Waals surface area contributed by atoms with Gasteiger partial charge in [0.1, 0.15) is 4.99 Å². The van der Waals surface area contributed by atoms with Crippen molar-refractivity contribution in [2.75, 3.05) is 0 Å².